The van der Waals surface area contributed by atoms with E-state index in [0.29, 0.717) is 5.75 Å². The highest BCUT2D eigenvalue weighted by Crippen LogP contribution is 2.30. The van der Waals surface area contributed by atoms with Crippen molar-refractivity contribution in [1.29, 1.82) is 0 Å². The molecule has 0 saturated heterocycles. The molecule has 0 aliphatic rings. The number of halogens is 3. The molecule has 1 rings (SSSR count). The summed E-state index contributed by atoms with van der Waals surface area (Å²) >= 11 is 0. The molecular weight excluding hydrogens is 240 g/mol. The highest BCUT2D eigenvalue weighted by molar-refractivity contribution is 5.85. The van der Waals surface area contributed by atoms with Gasteiger partial charge in [-0.05, 0) is 17.7 Å². The van der Waals surface area contributed by atoms with E-state index in [1.165, 1.54) is 19.2 Å². The number of hydrogen-bond acceptors (Lipinski definition) is 3. The summed E-state index contributed by atoms with van der Waals surface area (Å²) in [7, 11) is 1.44. The molecule has 0 saturated carbocycles. The maximum atomic E-state index is 13.1. The summed E-state index contributed by atoms with van der Waals surface area (Å²) in [6, 6.07) is 4.57. The van der Waals surface area contributed by atoms with Crippen molar-refractivity contribution >= 4 is 12.4 Å². The van der Waals surface area contributed by atoms with Gasteiger partial charge in [-0.2, -0.15) is 0 Å². The Morgan fingerprint density at radius 3 is 2.62 bits per heavy atom. The van der Waals surface area contributed by atoms with E-state index in [1.54, 1.807) is 12.1 Å². The lowest BCUT2D eigenvalue weighted by molar-refractivity contribution is -0.0712. The van der Waals surface area contributed by atoms with Crippen LogP contribution in [0.4, 0.5) is 8.78 Å². The fourth-order valence-electron chi connectivity index (χ4n) is 1.18. The van der Waals surface area contributed by atoms with Gasteiger partial charge in [0, 0.05) is 0 Å². The van der Waals surface area contributed by atoms with Crippen LogP contribution in [0.25, 0.3) is 0 Å². The lowest BCUT2D eigenvalue weighted by Crippen LogP contribution is -2.36. The molecule has 0 unspecified atom stereocenters. The lowest BCUT2D eigenvalue weighted by atomic mass is 10.0. The summed E-state index contributed by atoms with van der Waals surface area (Å²) in [4.78, 5) is 0. The molecule has 3 N–H and O–H groups in total. The lowest BCUT2D eigenvalue weighted by Gasteiger charge is -2.21. The molecule has 92 valence electrons. The SMILES string of the molecule is COc1cccc([C@H](N)C(F)(F)CO)c1.Cl. The van der Waals surface area contributed by atoms with Crippen molar-refractivity contribution in [3.05, 3.63) is 29.8 Å². The van der Waals surface area contributed by atoms with Gasteiger partial charge in [-0.1, -0.05) is 12.1 Å². The third kappa shape index (κ3) is 3.30. The number of aliphatic hydroxyl groups is 1. The average molecular weight is 254 g/mol. The zero-order chi connectivity index (χ0) is 11.5. The third-order valence-corrected chi connectivity index (χ3v) is 2.12. The Morgan fingerprint density at radius 1 is 1.50 bits per heavy atom. The second-order valence-corrected chi connectivity index (χ2v) is 3.17. The van der Waals surface area contributed by atoms with Crippen LogP contribution in [0.3, 0.4) is 0 Å². The molecule has 0 aromatic heterocycles. The van der Waals surface area contributed by atoms with Crippen molar-refractivity contribution in [2.75, 3.05) is 13.7 Å². The van der Waals surface area contributed by atoms with Crippen LogP contribution in [0, 0.1) is 0 Å². The molecule has 6 heteroatoms. The van der Waals surface area contributed by atoms with Gasteiger partial charge >= 0.3 is 0 Å². The largest absolute Gasteiger partial charge is 0.497 e. The summed E-state index contributed by atoms with van der Waals surface area (Å²) in [6.45, 7) is -1.27. The van der Waals surface area contributed by atoms with Gasteiger partial charge in [0.1, 0.15) is 12.4 Å². The van der Waals surface area contributed by atoms with Gasteiger partial charge in [-0.15, -0.1) is 12.4 Å². The van der Waals surface area contributed by atoms with Crippen LogP contribution in [0.15, 0.2) is 24.3 Å². The Bertz CT molecular complexity index is 336. The van der Waals surface area contributed by atoms with Crippen LogP contribution in [0.1, 0.15) is 11.6 Å². The Labute approximate surface area is 98.6 Å². The Kier molecular flexibility index (Phi) is 5.64. The minimum Gasteiger partial charge on any atom is -0.497 e. The average Bonchev–Trinajstić information content (AvgIpc) is 2.28. The first-order valence-electron chi connectivity index (χ1n) is 4.39. The number of rotatable bonds is 4. The van der Waals surface area contributed by atoms with Gasteiger partial charge in [0.25, 0.3) is 5.92 Å². The van der Waals surface area contributed by atoms with E-state index in [2.05, 4.69) is 0 Å². The molecule has 0 radical (unpaired) electrons. The molecule has 1 aromatic carbocycles. The third-order valence-electron chi connectivity index (χ3n) is 2.12. The van der Waals surface area contributed by atoms with Gasteiger partial charge in [-0.25, -0.2) is 8.78 Å². The quantitative estimate of drug-likeness (QED) is 0.860. The van der Waals surface area contributed by atoms with Crippen LogP contribution in [-0.2, 0) is 0 Å². The second-order valence-electron chi connectivity index (χ2n) is 3.17. The molecule has 0 spiro atoms. The van der Waals surface area contributed by atoms with Crippen molar-refractivity contribution < 1.29 is 18.6 Å². The summed E-state index contributed by atoms with van der Waals surface area (Å²) in [5.41, 5.74) is 5.57. The van der Waals surface area contributed by atoms with Crippen LogP contribution < -0.4 is 10.5 Å². The molecule has 0 aliphatic carbocycles. The van der Waals surface area contributed by atoms with Crippen LogP contribution >= 0.6 is 12.4 Å². The normalized spacial score (nSPS) is 12.8. The predicted molar refractivity (Wildman–Crippen MR) is 59.2 cm³/mol. The predicted octanol–water partition coefficient (Wildman–Crippen LogP) is 1.74. The van der Waals surface area contributed by atoms with Crippen LogP contribution in [0.5, 0.6) is 5.75 Å². The maximum Gasteiger partial charge on any atom is 0.289 e. The summed E-state index contributed by atoms with van der Waals surface area (Å²) in [6.07, 6.45) is 0. The Morgan fingerprint density at radius 2 is 2.12 bits per heavy atom. The van der Waals surface area contributed by atoms with Crippen molar-refractivity contribution in [2.24, 2.45) is 5.73 Å². The first-order chi connectivity index (χ1) is 7.01. The maximum absolute atomic E-state index is 13.1. The summed E-state index contributed by atoms with van der Waals surface area (Å²) < 4.78 is 31.0. The van der Waals surface area contributed by atoms with Crippen LogP contribution in [-0.4, -0.2) is 24.7 Å². The highest BCUT2D eigenvalue weighted by atomic mass is 35.5. The highest BCUT2D eigenvalue weighted by Gasteiger charge is 2.37. The van der Waals surface area contributed by atoms with E-state index in [-0.39, 0.29) is 18.0 Å². The number of nitrogens with two attached hydrogens (primary N) is 1. The second kappa shape index (κ2) is 5.98. The van der Waals surface area contributed by atoms with Crippen molar-refractivity contribution in [3.63, 3.8) is 0 Å². The van der Waals surface area contributed by atoms with E-state index in [0.717, 1.165) is 0 Å². The minimum atomic E-state index is -3.33. The molecule has 0 aliphatic heterocycles. The fraction of sp³-hybridized carbons (Fsp3) is 0.400. The Balaban J connectivity index is 0.00000225. The van der Waals surface area contributed by atoms with Gasteiger partial charge in [0.15, 0.2) is 0 Å². The zero-order valence-corrected chi connectivity index (χ0v) is 9.51. The first kappa shape index (κ1) is 15.1. The molecule has 16 heavy (non-hydrogen) atoms. The molecule has 1 atom stereocenters. The monoisotopic (exact) mass is 253 g/mol. The van der Waals surface area contributed by atoms with E-state index in [4.69, 9.17) is 15.6 Å². The van der Waals surface area contributed by atoms with Crippen molar-refractivity contribution in [2.45, 2.75) is 12.0 Å². The number of methoxy groups -OCH3 is 1. The van der Waals surface area contributed by atoms with Crippen molar-refractivity contribution in [1.82, 2.24) is 0 Å². The van der Waals surface area contributed by atoms with E-state index in [1.807, 2.05) is 0 Å². The van der Waals surface area contributed by atoms with Gasteiger partial charge in [0.05, 0.1) is 13.2 Å². The zero-order valence-electron chi connectivity index (χ0n) is 8.69. The number of benzene rings is 1. The number of aliphatic hydroxyl groups excluding tert-OH is 1. The summed E-state index contributed by atoms with van der Waals surface area (Å²) in [5, 5.41) is 8.49. The molecule has 0 heterocycles. The number of ether oxygens (including phenoxy) is 1. The molecular formula is C10H14ClF2NO2. The summed E-state index contributed by atoms with van der Waals surface area (Å²) in [5.74, 6) is -2.87. The molecule has 1 aromatic rings. The smallest absolute Gasteiger partial charge is 0.289 e. The first-order valence-corrected chi connectivity index (χ1v) is 4.39. The van der Waals surface area contributed by atoms with Crippen molar-refractivity contribution in [3.8, 4) is 5.75 Å². The molecule has 0 amide bonds. The van der Waals surface area contributed by atoms with Gasteiger partial charge < -0.3 is 15.6 Å². The number of hydrogen-bond donors (Lipinski definition) is 2. The topological polar surface area (TPSA) is 55.5 Å². The Hall–Kier alpha value is -0.910. The number of alkyl halides is 2. The standard InChI is InChI=1S/C10H13F2NO2.ClH/c1-15-8-4-2-3-7(5-8)9(13)10(11,12)6-14;/h2-5,9,14H,6,13H2,1H3;1H/t9-;/m0./s1. The van der Waals surface area contributed by atoms with Gasteiger partial charge in [-0.3, -0.25) is 0 Å². The van der Waals surface area contributed by atoms with E-state index < -0.39 is 18.6 Å². The van der Waals surface area contributed by atoms with Crippen LogP contribution in [0.2, 0.25) is 0 Å². The fourth-order valence-corrected chi connectivity index (χ4v) is 1.18. The molecule has 0 bridgehead atoms. The minimum absolute atomic E-state index is 0. The van der Waals surface area contributed by atoms with E-state index >= 15 is 0 Å². The van der Waals surface area contributed by atoms with E-state index in [9.17, 15) is 8.78 Å². The van der Waals surface area contributed by atoms with Gasteiger partial charge in [0.2, 0.25) is 0 Å². The molecule has 0 fully saturated rings. The molecule has 3 nitrogen and oxygen atoms in total.